The van der Waals surface area contributed by atoms with E-state index in [4.69, 9.17) is 0 Å². The number of anilines is 1. The first kappa shape index (κ1) is 20.9. The van der Waals surface area contributed by atoms with Gasteiger partial charge in [0.05, 0.1) is 17.9 Å². The molecule has 0 aliphatic rings. The third-order valence-corrected chi connectivity index (χ3v) is 5.17. The van der Waals surface area contributed by atoms with Gasteiger partial charge in [0.1, 0.15) is 5.67 Å². The SMILES string of the molecule is C=C(c1cc(F)c2nc(C)cn2c1)c1cnc(NCC(F)(CC)CCC)nc1C. The molecule has 0 aliphatic heterocycles. The maximum Gasteiger partial charge on any atom is 0.222 e. The van der Waals surface area contributed by atoms with Gasteiger partial charge in [-0.25, -0.2) is 23.7 Å². The van der Waals surface area contributed by atoms with Gasteiger partial charge in [-0.2, -0.15) is 0 Å². The predicted octanol–water partition coefficient (Wildman–Crippen LogP) is 5.27. The molecule has 1 atom stereocenters. The molecule has 0 saturated heterocycles. The molecule has 0 bridgehead atoms. The Morgan fingerprint density at radius 2 is 2.00 bits per heavy atom. The van der Waals surface area contributed by atoms with E-state index >= 15 is 0 Å². The summed E-state index contributed by atoms with van der Waals surface area (Å²) in [5, 5.41) is 3.00. The van der Waals surface area contributed by atoms with Crippen molar-refractivity contribution in [3.8, 4) is 0 Å². The maximum absolute atomic E-state index is 14.7. The fourth-order valence-corrected chi connectivity index (χ4v) is 3.42. The van der Waals surface area contributed by atoms with Gasteiger partial charge in [0, 0.05) is 29.7 Å². The predicted molar refractivity (Wildman–Crippen MR) is 112 cm³/mol. The van der Waals surface area contributed by atoms with Crippen molar-refractivity contribution < 1.29 is 8.78 Å². The number of nitrogens with zero attached hydrogens (tertiary/aromatic N) is 4. The Balaban J connectivity index is 1.82. The molecule has 154 valence electrons. The van der Waals surface area contributed by atoms with Crippen LogP contribution in [0.2, 0.25) is 0 Å². The smallest absolute Gasteiger partial charge is 0.222 e. The second-order valence-electron chi connectivity index (χ2n) is 7.47. The van der Waals surface area contributed by atoms with Gasteiger partial charge in [0.25, 0.3) is 0 Å². The molecule has 0 amide bonds. The minimum Gasteiger partial charge on any atom is -0.351 e. The number of alkyl halides is 1. The molecule has 0 spiro atoms. The lowest BCUT2D eigenvalue weighted by molar-refractivity contribution is 0.158. The number of fused-ring (bicyclic) bond motifs is 1. The van der Waals surface area contributed by atoms with Crippen LogP contribution in [0.3, 0.4) is 0 Å². The molecule has 1 unspecified atom stereocenters. The highest BCUT2D eigenvalue weighted by atomic mass is 19.1. The molecule has 7 heteroatoms. The third-order valence-electron chi connectivity index (χ3n) is 5.17. The van der Waals surface area contributed by atoms with Crippen molar-refractivity contribution in [2.75, 3.05) is 11.9 Å². The second kappa shape index (κ2) is 8.27. The van der Waals surface area contributed by atoms with Crippen molar-refractivity contribution in [1.82, 2.24) is 19.4 Å². The van der Waals surface area contributed by atoms with Crippen LogP contribution >= 0.6 is 0 Å². The van der Waals surface area contributed by atoms with Crippen LogP contribution in [0.5, 0.6) is 0 Å². The highest BCUT2D eigenvalue weighted by Gasteiger charge is 2.26. The van der Waals surface area contributed by atoms with Crippen LogP contribution in [0.4, 0.5) is 14.7 Å². The third kappa shape index (κ3) is 4.44. The summed E-state index contributed by atoms with van der Waals surface area (Å²) in [4.78, 5) is 12.9. The Kier molecular flexibility index (Phi) is 5.96. The molecule has 3 aromatic rings. The second-order valence-corrected chi connectivity index (χ2v) is 7.47. The summed E-state index contributed by atoms with van der Waals surface area (Å²) in [6.45, 7) is 11.7. The summed E-state index contributed by atoms with van der Waals surface area (Å²) >= 11 is 0. The summed E-state index contributed by atoms with van der Waals surface area (Å²) < 4.78 is 30.8. The first-order valence-electron chi connectivity index (χ1n) is 9.87. The maximum atomic E-state index is 14.7. The first-order valence-corrected chi connectivity index (χ1v) is 9.87. The van der Waals surface area contributed by atoms with Crippen molar-refractivity contribution in [1.29, 1.82) is 0 Å². The molecule has 1 N–H and O–H groups in total. The summed E-state index contributed by atoms with van der Waals surface area (Å²) in [7, 11) is 0. The number of aromatic nitrogens is 4. The van der Waals surface area contributed by atoms with Gasteiger partial charge < -0.3 is 9.72 Å². The van der Waals surface area contributed by atoms with Crippen molar-refractivity contribution in [2.45, 2.75) is 52.6 Å². The van der Waals surface area contributed by atoms with Crippen LogP contribution in [0.15, 0.2) is 31.2 Å². The fourth-order valence-electron chi connectivity index (χ4n) is 3.42. The topological polar surface area (TPSA) is 55.1 Å². The van der Waals surface area contributed by atoms with Crippen LogP contribution in [-0.2, 0) is 0 Å². The molecule has 3 rings (SSSR count). The Hall–Kier alpha value is -2.83. The zero-order valence-electron chi connectivity index (χ0n) is 17.4. The van der Waals surface area contributed by atoms with Gasteiger partial charge in [0.15, 0.2) is 11.5 Å². The summed E-state index contributed by atoms with van der Waals surface area (Å²) in [6.07, 6.45) is 6.90. The number of hydrogen-bond donors (Lipinski definition) is 1. The van der Waals surface area contributed by atoms with Gasteiger partial charge in [-0.3, -0.25) is 0 Å². The number of pyridine rings is 1. The number of halogens is 2. The molecule has 29 heavy (non-hydrogen) atoms. The van der Waals surface area contributed by atoms with E-state index < -0.39 is 11.5 Å². The van der Waals surface area contributed by atoms with Gasteiger partial charge in [-0.05, 0) is 38.3 Å². The van der Waals surface area contributed by atoms with Gasteiger partial charge in [-0.1, -0.05) is 26.8 Å². The zero-order chi connectivity index (χ0) is 21.2. The van der Waals surface area contributed by atoms with Crippen LogP contribution in [-0.4, -0.2) is 31.6 Å². The molecular weight excluding hydrogens is 372 g/mol. The molecule has 5 nitrogen and oxygen atoms in total. The highest BCUT2D eigenvalue weighted by Crippen LogP contribution is 2.26. The normalized spacial score (nSPS) is 13.4. The highest BCUT2D eigenvalue weighted by molar-refractivity contribution is 5.79. The molecular formula is C22H27F2N5. The summed E-state index contributed by atoms with van der Waals surface area (Å²) in [5.74, 6) is -0.0409. The lowest BCUT2D eigenvalue weighted by Crippen LogP contribution is -2.31. The van der Waals surface area contributed by atoms with E-state index in [-0.39, 0.29) is 12.2 Å². The summed E-state index contributed by atoms with van der Waals surface area (Å²) in [6, 6.07) is 1.42. The number of imidazole rings is 1. The standard InChI is InChI=1S/C22H27F2N5/c1-6-8-22(24,7-2)13-26-21-25-10-18(16(5)28-21)15(4)17-9-19(23)20-27-14(3)11-29(20)12-17/h9-12H,4,6-8,13H2,1-3,5H3,(H,25,26,28). The van der Waals surface area contributed by atoms with Crippen LogP contribution in [0.1, 0.15) is 55.6 Å². The summed E-state index contributed by atoms with van der Waals surface area (Å²) in [5.41, 5.74) is 2.37. The number of hydrogen-bond acceptors (Lipinski definition) is 4. The van der Waals surface area contributed by atoms with Crippen molar-refractivity contribution in [2.24, 2.45) is 0 Å². The lowest BCUT2D eigenvalue weighted by atomic mass is 9.97. The Morgan fingerprint density at radius 3 is 2.66 bits per heavy atom. The van der Waals surface area contributed by atoms with Crippen molar-refractivity contribution in [3.63, 3.8) is 0 Å². The van der Waals surface area contributed by atoms with E-state index in [9.17, 15) is 8.78 Å². The Morgan fingerprint density at radius 1 is 1.24 bits per heavy atom. The molecule has 0 saturated carbocycles. The van der Waals surface area contributed by atoms with E-state index in [1.807, 2.05) is 27.7 Å². The Labute approximate surface area is 169 Å². The molecule has 0 aromatic carbocycles. The zero-order valence-corrected chi connectivity index (χ0v) is 17.4. The van der Waals surface area contributed by atoms with Crippen LogP contribution in [0.25, 0.3) is 11.2 Å². The van der Waals surface area contributed by atoms with Gasteiger partial charge >= 0.3 is 0 Å². The minimum absolute atomic E-state index is 0.166. The van der Waals surface area contributed by atoms with E-state index in [1.165, 1.54) is 6.07 Å². The van der Waals surface area contributed by atoms with Crippen molar-refractivity contribution >= 4 is 17.2 Å². The van der Waals surface area contributed by atoms with E-state index in [0.717, 1.165) is 12.1 Å². The average molecular weight is 399 g/mol. The molecule has 3 heterocycles. The molecule has 0 fully saturated rings. The quantitative estimate of drug-likeness (QED) is 0.560. The van der Waals surface area contributed by atoms with E-state index in [1.54, 1.807) is 23.0 Å². The Bertz CT molecular complexity index is 1040. The van der Waals surface area contributed by atoms with E-state index in [0.29, 0.717) is 41.2 Å². The van der Waals surface area contributed by atoms with E-state index in [2.05, 4.69) is 26.8 Å². The lowest BCUT2D eigenvalue weighted by Gasteiger charge is -2.23. The van der Waals surface area contributed by atoms with Gasteiger partial charge in [0.2, 0.25) is 5.95 Å². The number of aryl methyl sites for hydroxylation is 2. The minimum atomic E-state index is -1.27. The molecule has 0 radical (unpaired) electrons. The molecule has 3 aromatic heterocycles. The average Bonchev–Trinajstić information content (AvgIpc) is 3.07. The van der Waals surface area contributed by atoms with Crippen LogP contribution < -0.4 is 5.32 Å². The largest absolute Gasteiger partial charge is 0.351 e. The fraction of sp³-hybridized carbons (Fsp3) is 0.409. The number of rotatable bonds is 8. The van der Waals surface area contributed by atoms with Gasteiger partial charge in [-0.15, -0.1) is 0 Å². The van der Waals surface area contributed by atoms with Crippen molar-refractivity contribution in [3.05, 3.63) is 59.6 Å². The van der Waals surface area contributed by atoms with Crippen LogP contribution in [0, 0.1) is 19.7 Å². The monoisotopic (exact) mass is 399 g/mol. The molecule has 0 aliphatic carbocycles. The number of nitrogens with one attached hydrogen (secondary N) is 1. The first-order chi connectivity index (χ1) is 13.8.